The summed E-state index contributed by atoms with van der Waals surface area (Å²) in [6, 6.07) is 6.51. The van der Waals surface area contributed by atoms with Crippen LogP contribution in [0.15, 0.2) is 48.6 Å². The molecule has 0 saturated carbocycles. The molecule has 0 aliphatic rings. The quantitative estimate of drug-likeness (QED) is 0.629. The van der Waals surface area contributed by atoms with Crippen LogP contribution >= 0.6 is 0 Å². The van der Waals surface area contributed by atoms with E-state index in [4.69, 9.17) is 0 Å². The van der Waals surface area contributed by atoms with Crippen LogP contribution in [0.4, 0.5) is 0 Å². The first kappa shape index (κ1) is 12.5. The Morgan fingerprint density at radius 3 is 2.31 bits per heavy atom. The van der Waals surface area contributed by atoms with Gasteiger partial charge in [0.05, 0.1) is 0 Å². The molecule has 0 heteroatoms. The van der Waals surface area contributed by atoms with Gasteiger partial charge in [-0.15, -0.1) is 0 Å². The van der Waals surface area contributed by atoms with E-state index in [9.17, 15) is 0 Å². The summed E-state index contributed by atoms with van der Waals surface area (Å²) >= 11 is 0. The standard InChI is InChI=1S/C16H20/c1-7-13(5)16(11(2)3)15-10-12(4)8-9-14(15)6/h7-10H,1,5H2,2-4,6H3. The first-order valence-electron chi connectivity index (χ1n) is 5.54. The van der Waals surface area contributed by atoms with E-state index in [0.717, 1.165) is 5.57 Å². The number of hydrogen-bond acceptors (Lipinski definition) is 0. The van der Waals surface area contributed by atoms with E-state index in [-0.39, 0.29) is 0 Å². The van der Waals surface area contributed by atoms with Crippen LogP contribution in [0.3, 0.4) is 0 Å². The van der Waals surface area contributed by atoms with Gasteiger partial charge in [-0.05, 0) is 50.0 Å². The van der Waals surface area contributed by atoms with E-state index in [1.807, 2.05) is 6.08 Å². The second-order valence-electron chi connectivity index (χ2n) is 4.42. The molecule has 1 aromatic rings. The second kappa shape index (κ2) is 4.98. The summed E-state index contributed by atoms with van der Waals surface area (Å²) in [5.41, 5.74) is 7.31. The van der Waals surface area contributed by atoms with Gasteiger partial charge in [0.1, 0.15) is 0 Å². The third-order valence-electron chi connectivity index (χ3n) is 2.73. The molecule has 0 heterocycles. The molecule has 0 fully saturated rings. The monoisotopic (exact) mass is 212 g/mol. The number of rotatable bonds is 3. The van der Waals surface area contributed by atoms with Crippen LogP contribution in [0.5, 0.6) is 0 Å². The minimum Gasteiger partial charge on any atom is -0.0985 e. The minimum atomic E-state index is 0.994. The lowest BCUT2D eigenvalue weighted by Gasteiger charge is -2.14. The Labute approximate surface area is 99.0 Å². The molecule has 84 valence electrons. The van der Waals surface area contributed by atoms with Crippen molar-refractivity contribution < 1.29 is 0 Å². The Kier molecular flexibility index (Phi) is 3.89. The highest BCUT2D eigenvalue weighted by Crippen LogP contribution is 2.29. The molecule has 0 N–H and O–H groups in total. The molecule has 16 heavy (non-hydrogen) atoms. The highest BCUT2D eigenvalue weighted by atomic mass is 14.1. The number of aryl methyl sites for hydroxylation is 2. The molecule has 1 aromatic carbocycles. The van der Waals surface area contributed by atoms with E-state index in [1.54, 1.807) is 0 Å². The number of benzene rings is 1. The van der Waals surface area contributed by atoms with Gasteiger partial charge in [0.2, 0.25) is 0 Å². The molecule has 0 bridgehead atoms. The average molecular weight is 212 g/mol. The van der Waals surface area contributed by atoms with Gasteiger partial charge in [-0.2, -0.15) is 0 Å². The fourth-order valence-electron chi connectivity index (χ4n) is 1.87. The topological polar surface area (TPSA) is 0 Å². The van der Waals surface area contributed by atoms with Gasteiger partial charge in [0.15, 0.2) is 0 Å². The molecule has 0 aliphatic heterocycles. The lowest BCUT2D eigenvalue weighted by molar-refractivity contribution is 1.32. The first-order chi connectivity index (χ1) is 7.47. The molecule has 0 radical (unpaired) electrons. The second-order valence-corrected chi connectivity index (χ2v) is 4.42. The summed E-state index contributed by atoms with van der Waals surface area (Å²) in [5, 5.41) is 0. The summed E-state index contributed by atoms with van der Waals surface area (Å²) in [4.78, 5) is 0. The predicted molar refractivity (Wildman–Crippen MR) is 73.5 cm³/mol. The first-order valence-corrected chi connectivity index (χ1v) is 5.54. The molecule has 0 amide bonds. The molecule has 0 aromatic heterocycles. The smallest absolute Gasteiger partial charge is 0.0128 e. The van der Waals surface area contributed by atoms with Gasteiger partial charge in [-0.1, -0.05) is 48.6 Å². The van der Waals surface area contributed by atoms with Gasteiger partial charge < -0.3 is 0 Å². The van der Waals surface area contributed by atoms with Gasteiger partial charge in [-0.3, -0.25) is 0 Å². The zero-order valence-corrected chi connectivity index (χ0v) is 10.7. The van der Waals surface area contributed by atoms with Gasteiger partial charge >= 0.3 is 0 Å². The highest BCUT2D eigenvalue weighted by Gasteiger charge is 2.08. The summed E-state index contributed by atoms with van der Waals surface area (Å²) in [6.07, 6.45) is 1.82. The van der Waals surface area contributed by atoms with Crippen molar-refractivity contribution in [2.24, 2.45) is 0 Å². The van der Waals surface area contributed by atoms with E-state index in [0.29, 0.717) is 0 Å². The molecule has 0 nitrogen and oxygen atoms in total. The van der Waals surface area contributed by atoms with Crippen molar-refractivity contribution >= 4 is 5.57 Å². The summed E-state index contributed by atoms with van der Waals surface area (Å²) < 4.78 is 0. The molecule has 0 spiro atoms. The highest BCUT2D eigenvalue weighted by molar-refractivity contribution is 5.84. The maximum Gasteiger partial charge on any atom is -0.0128 e. The van der Waals surface area contributed by atoms with Crippen molar-refractivity contribution in [3.63, 3.8) is 0 Å². The SMILES string of the molecule is C=CC(=C)C(=C(C)C)c1cc(C)ccc1C. The fourth-order valence-corrected chi connectivity index (χ4v) is 1.87. The molecule has 0 saturated heterocycles. The van der Waals surface area contributed by atoms with Crippen molar-refractivity contribution in [3.05, 3.63) is 65.3 Å². The van der Waals surface area contributed by atoms with Crippen LogP contribution in [-0.4, -0.2) is 0 Å². The Hall–Kier alpha value is -1.56. The van der Waals surface area contributed by atoms with Crippen molar-refractivity contribution in [1.82, 2.24) is 0 Å². The van der Waals surface area contributed by atoms with E-state index >= 15 is 0 Å². The summed E-state index contributed by atoms with van der Waals surface area (Å²) in [6.45, 7) is 16.4. The summed E-state index contributed by atoms with van der Waals surface area (Å²) in [5.74, 6) is 0. The zero-order valence-electron chi connectivity index (χ0n) is 10.7. The molecule has 1 rings (SSSR count). The van der Waals surface area contributed by atoms with Gasteiger partial charge in [0.25, 0.3) is 0 Å². The maximum atomic E-state index is 4.07. The average Bonchev–Trinajstić information content (AvgIpc) is 2.22. The van der Waals surface area contributed by atoms with Crippen LogP contribution in [0.1, 0.15) is 30.5 Å². The Morgan fingerprint density at radius 1 is 1.19 bits per heavy atom. The van der Waals surface area contributed by atoms with E-state index in [1.165, 1.54) is 27.8 Å². The van der Waals surface area contributed by atoms with Crippen LogP contribution in [0.25, 0.3) is 5.57 Å². The van der Waals surface area contributed by atoms with Crippen LogP contribution < -0.4 is 0 Å². The Morgan fingerprint density at radius 2 is 1.81 bits per heavy atom. The fraction of sp³-hybridized carbons (Fsp3) is 0.250. The predicted octanol–water partition coefficient (Wildman–Crippen LogP) is 4.84. The lowest BCUT2D eigenvalue weighted by atomic mass is 9.91. The Bertz CT molecular complexity index is 455. The molecular formula is C16H20. The summed E-state index contributed by atoms with van der Waals surface area (Å²) in [7, 11) is 0. The normalized spacial score (nSPS) is 9.75. The molecule has 0 aliphatic carbocycles. The van der Waals surface area contributed by atoms with Crippen LogP contribution in [-0.2, 0) is 0 Å². The van der Waals surface area contributed by atoms with Crippen LogP contribution in [0.2, 0.25) is 0 Å². The van der Waals surface area contributed by atoms with E-state index < -0.39 is 0 Å². The number of allylic oxidation sites excluding steroid dienone is 4. The molecule has 0 unspecified atom stereocenters. The number of hydrogen-bond donors (Lipinski definition) is 0. The molecule has 0 atom stereocenters. The third-order valence-corrected chi connectivity index (χ3v) is 2.73. The largest absolute Gasteiger partial charge is 0.0985 e. The van der Waals surface area contributed by atoms with Crippen molar-refractivity contribution in [1.29, 1.82) is 0 Å². The third kappa shape index (κ3) is 2.52. The maximum absolute atomic E-state index is 4.07. The zero-order chi connectivity index (χ0) is 12.3. The van der Waals surface area contributed by atoms with Gasteiger partial charge in [0, 0.05) is 0 Å². The van der Waals surface area contributed by atoms with Crippen LogP contribution in [0, 0.1) is 13.8 Å². The molecular weight excluding hydrogens is 192 g/mol. The van der Waals surface area contributed by atoms with Crippen molar-refractivity contribution in [2.75, 3.05) is 0 Å². The van der Waals surface area contributed by atoms with E-state index in [2.05, 4.69) is 59.1 Å². The lowest BCUT2D eigenvalue weighted by Crippen LogP contribution is -1.94. The van der Waals surface area contributed by atoms with Gasteiger partial charge in [-0.25, -0.2) is 0 Å². The minimum absolute atomic E-state index is 0.994. The van der Waals surface area contributed by atoms with Crippen molar-refractivity contribution in [2.45, 2.75) is 27.7 Å². The van der Waals surface area contributed by atoms with Crippen molar-refractivity contribution in [3.8, 4) is 0 Å². The Balaban J connectivity index is 3.45.